The van der Waals surface area contributed by atoms with E-state index in [1.807, 2.05) is 24.3 Å². The van der Waals surface area contributed by atoms with Gasteiger partial charge in [-0.2, -0.15) is 0 Å². The SMILES string of the molecule is O=C(NCC1(O)CCOCC1)C1CNc2ccccc2O1. The summed E-state index contributed by atoms with van der Waals surface area (Å²) < 4.78 is 10.9. The maximum absolute atomic E-state index is 12.2. The van der Waals surface area contributed by atoms with Crippen LogP contribution in [-0.4, -0.2) is 49.0 Å². The van der Waals surface area contributed by atoms with Crippen LogP contribution in [0.3, 0.4) is 0 Å². The van der Waals surface area contributed by atoms with Gasteiger partial charge >= 0.3 is 0 Å². The molecular weight excluding hydrogens is 272 g/mol. The lowest BCUT2D eigenvalue weighted by Gasteiger charge is -2.33. The van der Waals surface area contributed by atoms with Gasteiger partial charge in [0, 0.05) is 32.6 Å². The van der Waals surface area contributed by atoms with Crippen molar-refractivity contribution in [1.82, 2.24) is 5.32 Å². The predicted molar refractivity (Wildman–Crippen MR) is 77.4 cm³/mol. The van der Waals surface area contributed by atoms with E-state index < -0.39 is 11.7 Å². The van der Waals surface area contributed by atoms with Crippen molar-refractivity contribution < 1.29 is 19.4 Å². The van der Waals surface area contributed by atoms with Crippen molar-refractivity contribution in [2.75, 3.05) is 31.6 Å². The van der Waals surface area contributed by atoms with E-state index in [1.54, 1.807) is 0 Å². The Kier molecular flexibility index (Phi) is 3.98. The van der Waals surface area contributed by atoms with Gasteiger partial charge in [-0.1, -0.05) is 12.1 Å². The molecule has 0 saturated carbocycles. The van der Waals surface area contributed by atoms with Crippen LogP contribution in [0.4, 0.5) is 5.69 Å². The predicted octanol–water partition coefficient (Wildman–Crippen LogP) is 0.517. The molecule has 1 atom stereocenters. The zero-order valence-corrected chi connectivity index (χ0v) is 11.8. The number of nitrogens with one attached hydrogen (secondary N) is 2. The van der Waals surface area contributed by atoms with Gasteiger partial charge < -0.3 is 25.2 Å². The van der Waals surface area contributed by atoms with Gasteiger partial charge in [-0.3, -0.25) is 4.79 Å². The number of anilines is 1. The van der Waals surface area contributed by atoms with Crippen LogP contribution in [0.1, 0.15) is 12.8 Å². The second kappa shape index (κ2) is 5.91. The molecule has 1 amide bonds. The van der Waals surface area contributed by atoms with Crippen molar-refractivity contribution in [2.24, 2.45) is 0 Å². The highest BCUT2D eigenvalue weighted by atomic mass is 16.5. The molecule has 1 unspecified atom stereocenters. The van der Waals surface area contributed by atoms with E-state index in [0.717, 1.165) is 5.69 Å². The van der Waals surface area contributed by atoms with Crippen molar-refractivity contribution in [3.8, 4) is 5.75 Å². The van der Waals surface area contributed by atoms with Gasteiger partial charge in [-0.25, -0.2) is 0 Å². The number of aliphatic hydroxyl groups is 1. The monoisotopic (exact) mass is 292 g/mol. The molecule has 1 fully saturated rings. The maximum atomic E-state index is 12.2. The van der Waals surface area contributed by atoms with Gasteiger partial charge in [0.2, 0.25) is 0 Å². The highest BCUT2D eigenvalue weighted by Gasteiger charge is 2.32. The molecule has 2 aliphatic heterocycles. The summed E-state index contributed by atoms with van der Waals surface area (Å²) in [7, 11) is 0. The highest BCUT2D eigenvalue weighted by Crippen LogP contribution is 2.28. The number of amides is 1. The van der Waals surface area contributed by atoms with Gasteiger partial charge in [0.15, 0.2) is 6.10 Å². The number of rotatable bonds is 3. The molecule has 3 rings (SSSR count). The van der Waals surface area contributed by atoms with Crippen LogP contribution in [0.5, 0.6) is 5.75 Å². The van der Waals surface area contributed by atoms with Crippen LogP contribution in [-0.2, 0) is 9.53 Å². The lowest BCUT2D eigenvalue weighted by molar-refractivity contribution is -0.130. The molecule has 1 saturated heterocycles. The summed E-state index contributed by atoms with van der Waals surface area (Å²) in [5.74, 6) is 0.464. The average Bonchev–Trinajstić information content (AvgIpc) is 2.53. The molecule has 0 aliphatic carbocycles. The van der Waals surface area contributed by atoms with Gasteiger partial charge in [-0.05, 0) is 12.1 Å². The average molecular weight is 292 g/mol. The zero-order chi connectivity index (χ0) is 14.7. The molecule has 1 aromatic carbocycles. The van der Waals surface area contributed by atoms with E-state index in [9.17, 15) is 9.90 Å². The van der Waals surface area contributed by atoms with Crippen LogP contribution in [0.2, 0.25) is 0 Å². The molecule has 114 valence electrons. The Balaban J connectivity index is 1.55. The van der Waals surface area contributed by atoms with E-state index >= 15 is 0 Å². The highest BCUT2D eigenvalue weighted by molar-refractivity contribution is 5.83. The number of benzene rings is 1. The third kappa shape index (κ3) is 3.28. The second-order valence-corrected chi connectivity index (χ2v) is 5.54. The number of carbonyl (C=O) groups excluding carboxylic acids is 1. The van der Waals surface area contributed by atoms with Crippen LogP contribution >= 0.6 is 0 Å². The zero-order valence-electron chi connectivity index (χ0n) is 11.8. The molecule has 21 heavy (non-hydrogen) atoms. The number of fused-ring (bicyclic) bond motifs is 1. The molecule has 0 spiro atoms. The smallest absolute Gasteiger partial charge is 0.263 e. The molecule has 3 N–H and O–H groups in total. The molecule has 0 aromatic heterocycles. The Bertz CT molecular complexity index is 514. The first-order chi connectivity index (χ1) is 10.2. The molecule has 0 bridgehead atoms. The quantitative estimate of drug-likeness (QED) is 0.757. The minimum atomic E-state index is -0.867. The van der Waals surface area contributed by atoms with Crippen molar-refractivity contribution >= 4 is 11.6 Å². The molecule has 1 aromatic rings. The van der Waals surface area contributed by atoms with E-state index in [0.29, 0.717) is 38.3 Å². The first kappa shape index (κ1) is 14.2. The first-order valence-corrected chi connectivity index (χ1v) is 7.24. The van der Waals surface area contributed by atoms with Crippen LogP contribution < -0.4 is 15.4 Å². The Labute approximate surface area is 123 Å². The Morgan fingerprint density at radius 1 is 1.38 bits per heavy atom. The normalized spacial score (nSPS) is 23.4. The van der Waals surface area contributed by atoms with Gasteiger partial charge in [0.05, 0.1) is 17.8 Å². The van der Waals surface area contributed by atoms with E-state index in [4.69, 9.17) is 9.47 Å². The first-order valence-electron chi connectivity index (χ1n) is 7.24. The van der Waals surface area contributed by atoms with E-state index in [1.165, 1.54) is 0 Å². The summed E-state index contributed by atoms with van der Waals surface area (Å²) in [5.41, 5.74) is 0.0260. The van der Waals surface area contributed by atoms with Gasteiger partial charge in [-0.15, -0.1) is 0 Å². The molecule has 6 heteroatoms. The Morgan fingerprint density at radius 3 is 2.95 bits per heavy atom. The van der Waals surface area contributed by atoms with Crippen molar-refractivity contribution in [3.63, 3.8) is 0 Å². The lowest BCUT2D eigenvalue weighted by Crippen LogP contribution is -2.51. The number of hydrogen-bond acceptors (Lipinski definition) is 5. The van der Waals surface area contributed by atoms with Gasteiger partial charge in [0.25, 0.3) is 5.91 Å². The third-order valence-corrected chi connectivity index (χ3v) is 3.94. The largest absolute Gasteiger partial charge is 0.477 e. The van der Waals surface area contributed by atoms with Crippen molar-refractivity contribution in [2.45, 2.75) is 24.5 Å². The fourth-order valence-corrected chi connectivity index (χ4v) is 2.55. The summed E-state index contributed by atoms with van der Waals surface area (Å²) in [6.07, 6.45) is 0.503. The number of ether oxygens (including phenoxy) is 2. The molecule has 2 heterocycles. The summed E-state index contributed by atoms with van der Waals surface area (Å²) in [5, 5.41) is 16.3. The molecular formula is C15H20N2O4. The summed E-state index contributed by atoms with van der Waals surface area (Å²) in [6.45, 7) is 1.71. The number of hydrogen-bond donors (Lipinski definition) is 3. The summed E-state index contributed by atoms with van der Waals surface area (Å²) in [6, 6.07) is 7.52. The Morgan fingerprint density at radius 2 is 2.14 bits per heavy atom. The van der Waals surface area contributed by atoms with Crippen molar-refractivity contribution in [3.05, 3.63) is 24.3 Å². The summed E-state index contributed by atoms with van der Waals surface area (Å²) >= 11 is 0. The van der Waals surface area contributed by atoms with Crippen LogP contribution in [0.15, 0.2) is 24.3 Å². The fraction of sp³-hybridized carbons (Fsp3) is 0.533. The fourth-order valence-electron chi connectivity index (χ4n) is 2.55. The van der Waals surface area contributed by atoms with Crippen LogP contribution in [0, 0.1) is 0 Å². The third-order valence-electron chi connectivity index (χ3n) is 3.94. The number of para-hydroxylation sites is 2. The lowest BCUT2D eigenvalue weighted by atomic mass is 9.94. The summed E-state index contributed by atoms with van der Waals surface area (Å²) in [4.78, 5) is 12.2. The van der Waals surface area contributed by atoms with E-state index in [2.05, 4.69) is 10.6 Å². The molecule has 0 radical (unpaired) electrons. The Hall–Kier alpha value is -1.79. The minimum absolute atomic E-state index is 0.211. The number of carbonyl (C=O) groups is 1. The molecule has 6 nitrogen and oxygen atoms in total. The van der Waals surface area contributed by atoms with Gasteiger partial charge in [0.1, 0.15) is 5.75 Å². The maximum Gasteiger partial charge on any atom is 0.263 e. The molecule has 2 aliphatic rings. The standard InChI is InChI=1S/C15H20N2O4/c18-14(17-10-15(19)5-7-20-8-6-15)13-9-16-11-3-1-2-4-12(11)21-13/h1-4,13,16,19H,5-10H2,(H,17,18). The van der Waals surface area contributed by atoms with Crippen molar-refractivity contribution in [1.29, 1.82) is 0 Å². The minimum Gasteiger partial charge on any atom is -0.477 e. The van der Waals surface area contributed by atoms with Crippen LogP contribution in [0.25, 0.3) is 0 Å². The second-order valence-electron chi connectivity index (χ2n) is 5.54. The topological polar surface area (TPSA) is 79.8 Å². The van der Waals surface area contributed by atoms with E-state index in [-0.39, 0.29) is 12.5 Å².